The van der Waals surface area contributed by atoms with E-state index in [1.54, 1.807) is 10.9 Å². The first kappa shape index (κ1) is 11.7. The van der Waals surface area contributed by atoms with Crippen molar-refractivity contribution in [3.05, 3.63) is 23.7 Å². The predicted molar refractivity (Wildman–Crippen MR) is 60.0 cm³/mol. The van der Waals surface area contributed by atoms with E-state index in [0.717, 1.165) is 5.69 Å². The summed E-state index contributed by atoms with van der Waals surface area (Å²) in [5.74, 6) is 1.13. The molecular formula is C10H16N6O. The van der Waals surface area contributed by atoms with Crippen molar-refractivity contribution in [1.82, 2.24) is 25.2 Å². The Balaban J connectivity index is 2.11. The molecule has 2 aromatic heterocycles. The number of nitrogens with two attached hydrogens (primary N) is 1. The van der Waals surface area contributed by atoms with E-state index in [1.807, 2.05) is 20.8 Å². The van der Waals surface area contributed by atoms with Crippen LogP contribution in [0.25, 0.3) is 0 Å². The zero-order chi connectivity index (χ0) is 12.5. The number of nitrogens with zero attached hydrogens (tertiary/aromatic N) is 5. The summed E-state index contributed by atoms with van der Waals surface area (Å²) in [4.78, 5) is 0. The van der Waals surface area contributed by atoms with Crippen LogP contribution in [0.1, 0.15) is 38.2 Å². The summed E-state index contributed by atoms with van der Waals surface area (Å²) in [6.45, 7) is 6.85. The summed E-state index contributed by atoms with van der Waals surface area (Å²) in [6.07, 6.45) is 1.76. The summed E-state index contributed by atoms with van der Waals surface area (Å²) in [7, 11) is 0. The SMILES string of the molecule is CC(C)(C)c1nnc(Cn2cc(CN)nn2)o1. The Hall–Kier alpha value is -1.76. The van der Waals surface area contributed by atoms with Gasteiger partial charge in [0.1, 0.15) is 6.54 Å². The van der Waals surface area contributed by atoms with Crippen LogP contribution in [0.5, 0.6) is 0 Å². The molecule has 0 radical (unpaired) electrons. The molecule has 0 aliphatic rings. The maximum Gasteiger partial charge on any atom is 0.238 e. The Morgan fingerprint density at radius 1 is 1.29 bits per heavy atom. The second-order valence-electron chi connectivity index (χ2n) is 4.86. The highest BCUT2D eigenvalue weighted by molar-refractivity contribution is 4.97. The van der Waals surface area contributed by atoms with Gasteiger partial charge < -0.3 is 10.2 Å². The zero-order valence-electron chi connectivity index (χ0n) is 10.2. The van der Waals surface area contributed by atoms with Crippen molar-refractivity contribution in [1.29, 1.82) is 0 Å². The van der Waals surface area contributed by atoms with E-state index < -0.39 is 0 Å². The van der Waals surface area contributed by atoms with Crippen LogP contribution in [0.2, 0.25) is 0 Å². The second kappa shape index (κ2) is 4.25. The summed E-state index contributed by atoms with van der Waals surface area (Å²) in [6, 6.07) is 0. The third kappa shape index (κ3) is 2.68. The third-order valence-electron chi connectivity index (χ3n) is 2.20. The van der Waals surface area contributed by atoms with Crippen LogP contribution in [0.3, 0.4) is 0 Å². The number of aromatic nitrogens is 5. The maximum absolute atomic E-state index is 5.55. The second-order valence-corrected chi connectivity index (χ2v) is 4.86. The van der Waals surface area contributed by atoms with E-state index in [-0.39, 0.29) is 5.41 Å². The summed E-state index contributed by atoms with van der Waals surface area (Å²) >= 11 is 0. The van der Waals surface area contributed by atoms with Crippen molar-refractivity contribution in [3.8, 4) is 0 Å². The predicted octanol–water partition coefficient (Wildman–Crippen LogP) is 0.466. The first-order valence-corrected chi connectivity index (χ1v) is 5.41. The lowest BCUT2D eigenvalue weighted by molar-refractivity contribution is 0.362. The molecule has 0 amide bonds. The van der Waals surface area contributed by atoms with Crippen LogP contribution in [-0.4, -0.2) is 25.2 Å². The van der Waals surface area contributed by atoms with Gasteiger partial charge in [-0.15, -0.1) is 15.3 Å². The van der Waals surface area contributed by atoms with Crippen LogP contribution in [0, 0.1) is 0 Å². The molecule has 92 valence electrons. The van der Waals surface area contributed by atoms with Gasteiger partial charge in [0.05, 0.1) is 11.9 Å². The van der Waals surface area contributed by atoms with Crippen molar-refractivity contribution in [3.63, 3.8) is 0 Å². The fourth-order valence-corrected chi connectivity index (χ4v) is 1.27. The first-order valence-electron chi connectivity index (χ1n) is 5.41. The lowest BCUT2D eigenvalue weighted by atomic mass is 9.97. The van der Waals surface area contributed by atoms with Crippen LogP contribution in [-0.2, 0) is 18.5 Å². The van der Waals surface area contributed by atoms with Crippen molar-refractivity contribution in [2.24, 2.45) is 5.73 Å². The van der Waals surface area contributed by atoms with Crippen LogP contribution >= 0.6 is 0 Å². The Morgan fingerprint density at radius 3 is 2.59 bits per heavy atom. The molecule has 0 atom stereocenters. The Bertz CT molecular complexity index is 495. The van der Waals surface area contributed by atoms with E-state index >= 15 is 0 Å². The van der Waals surface area contributed by atoms with Crippen molar-refractivity contribution in [2.45, 2.75) is 39.3 Å². The lowest BCUT2D eigenvalue weighted by Gasteiger charge is -2.10. The summed E-state index contributed by atoms with van der Waals surface area (Å²) in [5.41, 5.74) is 6.04. The molecular weight excluding hydrogens is 220 g/mol. The van der Waals surface area contributed by atoms with Gasteiger partial charge in [-0.1, -0.05) is 26.0 Å². The quantitative estimate of drug-likeness (QED) is 0.832. The molecule has 0 unspecified atom stereocenters. The molecule has 0 spiro atoms. The molecule has 2 rings (SSSR count). The summed E-state index contributed by atoms with van der Waals surface area (Å²) in [5, 5.41) is 15.8. The van der Waals surface area contributed by atoms with E-state index in [9.17, 15) is 0 Å². The molecule has 2 aromatic rings. The summed E-state index contributed by atoms with van der Waals surface area (Å²) < 4.78 is 7.18. The average Bonchev–Trinajstić information content (AvgIpc) is 2.86. The zero-order valence-corrected chi connectivity index (χ0v) is 10.2. The van der Waals surface area contributed by atoms with E-state index in [2.05, 4.69) is 20.5 Å². The van der Waals surface area contributed by atoms with Crippen LogP contribution < -0.4 is 5.73 Å². The smallest absolute Gasteiger partial charge is 0.238 e. The van der Waals surface area contributed by atoms with Gasteiger partial charge in [-0.25, -0.2) is 4.68 Å². The average molecular weight is 236 g/mol. The van der Waals surface area contributed by atoms with Gasteiger partial charge in [0, 0.05) is 12.0 Å². The minimum Gasteiger partial charge on any atom is -0.423 e. The highest BCUT2D eigenvalue weighted by Crippen LogP contribution is 2.20. The molecule has 7 nitrogen and oxygen atoms in total. The first-order chi connectivity index (χ1) is 7.99. The topological polar surface area (TPSA) is 95.7 Å². The number of hydrogen-bond acceptors (Lipinski definition) is 6. The van der Waals surface area contributed by atoms with Gasteiger partial charge in [0.15, 0.2) is 0 Å². The molecule has 0 aliphatic carbocycles. The van der Waals surface area contributed by atoms with Crippen molar-refractivity contribution in [2.75, 3.05) is 0 Å². The van der Waals surface area contributed by atoms with Crippen LogP contribution in [0.4, 0.5) is 0 Å². The van der Waals surface area contributed by atoms with Crippen molar-refractivity contribution < 1.29 is 4.42 Å². The van der Waals surface area contributed by atoms with Crippen LogP contribution in [0.15, 0.2) is 10.6 Å². The standard InChI is InChI=1S/C10H16N6O/c1-10(2,3)9-14-13-8(17-9)6-16-5-7(4-11)12-15-16/h5H,4,6,11H2,1-3H3. The van der Waals surface area contributed by atoms with E-state index in [0.29, 0.717) is 24.9 Å². The molecule has 0 aromatic carbocycles. The van der Waals surface area contributed by atoms with E-state index in [4.69, 9.17) is 10.2 Å². The molecule has 0 bridgehead atoms. The normalized spacial score (nSPS) is 12.0. The Kier molecular flexibility index (Phi) is 2.93. The molecule has 2 heterocycles. The van der Waals surface area contributed by atoms with Crippen molar-refractivity contribution >= 4 is 0 Å². The molecule has 7 heteroatoms. The number of rotatable bonds is 3. The largest absolute Gasteiger partial charge is 0.423 e. The monoisotopic (exact) mass is 236 g/mol. The molecule has 0 fully saturated rings. The van der Waals surface area contributed by atoms with Gasteiger partial charge in [-0.2, -0.15) is 0 Å². The van der Waals surface area contributed by atoms with Gasteiger partial charge in [0.2, 0.25) is 11.8 Å². The highest BCUT2D eigenvalue weighted by Gasteiger charge is 2.21. The molecule has 17 heavy (non-hydrogen) atoms. The maximum atomic E-state index is 5.55. The van der Waals surface area contributed by atoms with Gasteiger partial charge >= 0.3 is 0 Å². The lowest BCUT2D eigenvalue weighted by Crippen LogP contribution is -2.11. The van der Waals surface area contributed by atoms with Gasteiger partial charge in [0.25, 0.3) is 0 Å². The molecule has 0 aliphatic heterocycles. The molecule has 0 saturated heterocycles. The minimum atomic E-state index is -0.143. The fraction of sp³-hybridized carbons (Fsp3) is 0.600. The van der Waals surface area contributed by atoms with Gasteiger partial charge in [-0.05, 0) is 0 Å². The van der Waals surface area contributed by atoms with E-state index in [1.165, 1.54) is 0 Å². The molecule has 2 N–H and O–H groups in total. The Labute approximate surface area is 99.0 Å². The fourth-order valence-electron chi connectivity index (χ4n) is 1.27. The minimum absolute atomic E-state index is 0.143. The Morgan fingerprint density at radius 2 is 2.06 bits per heavy atom. The molecule has 0 saturated carbocycles. The highest BCUT2D eigenvalue weighted by atomic mass is 16.4. The van der Waals surface area contributed by atoms with Gasteiger partial charge in [-0.3, -0.25) is 0 Å². The third-order valence-corrected chi connectivity index (χ3v) is 2.20. The number of hydrogen-bond donors (Lipinski definition) is 1.